The summed E-state index contributed by atoms with van der Waals surface area (Å²) in [5.41, 5.74) is 1.84. The maximum absolute atomic E-state index is 11.7. The first-order valence-electron chi connectivity index (χ1n) is 7.80. The van der Waals surface area contributed by atoms with Gasteiger partial charge < -0.3 is 23.7 Å². The zero-order valence-corrected chi connectivity index (χ0v) is 15.5. The molecule has 0 aliphatic rings. The summed E-state index contributed by atoms with van der Waals surface area (Å²) in [5.74, 6) is 2.67. The molecule has 0 heterocycles. The third kappa shape index (κ3) is 4.08. The van der Waals surface area contributed by atoms with Crippen LogP contribution in [0.4, 0.5) is 0 Å². The lowest BCUT2D eigenvalue weighted by molar-refractivity contribution is -0.103. The maximum atomic E-state index is 11.7. The van der Waals surface area contributed by atoms with Gasteiger partial charge in [-0.25, -0.2) is 0 Å². The van der Waals surface area contributed by atoms with Gasteiger partial charge >= 0.3 is 0 Å². The maximum Gasteiger partial charge on any atom is 0.203 e. The second-order valence-corrected chi connectivity index (χ2v) is 5.28. The standard InChI is InChI=1S/C20H22O6/c1-22-16-7-13(8-17(11-16)23-2)6-15(12-21)14-9-18(24-3)20(26-5)19(10-14)25-4/h6-12H,1-5H3/b15-6-. The number of carbonyl (C=O) groups excluding carboxylic acids is 1. The second-order valence-electron chi connectivity index (χ2n) is 5.28. The van der Waals surface area contributed by atoms with Crippen LogP contribution >= 0.6 is 0 Å². The molecule has 0 aromatic heterocycles. The van der Waals surface area contributed by atoms with Gasteiger partial charge in [0.2, 0.25) is 5.75 Å². The Kier molecular flexibility index (Phi) is 6.49. The normalized spacial score (nSPS) is 10.9. The van der Waals surface area contributed by atoms with Crippen LogP contribution in [0.1, 0.15) is 11.1 Å². The highest BCUT2D eigenvalue weighted by atomic mass is 16.5. The van der Waals surface area contributed by atoms with E-state index in [9.17, 15) is 4.79 Å². The molecule has 2 rings (SSSR count). The van der Waals surface area contributed by atoms with Crippen LogP contribution in [0, 0.1) is 0 Å². The number of carbonyl (C=O) groups is 1. The molecule has 0 amide bonds. The van der Waals surface area contributed by atoms with Crippen LogP contribution in [-0.2, 0) is 4.79 Å². The molecule has 0 fully saturated rings. The van der Waals surface area contributed by atoms with Crippen LogP contribution in [0.2, 0.25) is 0 Å². The van der Waals surface area contributed by atoms with E-state index >= 15 is 0 Å². The zero-order chi connectivity index (χ0) is 19.1. The molecule has 0 saturated carbocycles. The van der Waals surface area contributed by atoms with Crippen LogP contribution < -0.4 is 23.7 Å². The first kappa shape index (κ1) is 19.2. The summed E-state index contributed by atoms with van der Waals surface area (Å²) in [6, 6.07) is 8.82. The SMILES string of the molecule is COc1cc(/C=C(/C=O)c2cc(OC)c(OC)c(OC)c2)cc(OC)c1. The lowest BCUT2D eigenvalue weighted by atomic mass is 10.0. The van der Waals surface area contributed by atoms with Gasteiger partial charge in [0.15, 0.2) is 17.8 Å². The summed E-state index contributed by atoms with van der Waals surface area (Å²) in [5, 5.41) is 0. The molecular formula is C20H22O6. The summed E-state index contributed by atoms with van der Waals surface area (Å²) in [6.45, 7) is 0. The van der Waals surface area contributed by atoms with Crippen molar-refractivity contribution in [1.29, 1.82) is 0 Å². The monoisotopic (exact) mass is 358 g/mol. The van der Waals surface area contributed by atoms with Crippen LogP contribution in [0.5, 0.6) is 28.7 Å². The molecule has 0 unspecified atom stereocenters. The fourth-order valence-corrected chi connectivity index (χ4v) is 2.53. The Bertz CT molecular complexity index is 763. The van der Waals surface area contributed by atoms with E-state index in [-0.39, 0.29) is 0 Å². The predicted octanol–water partition coefficient (Wildman–Crippen LogP) is 3.47. The molecule has 0 radical (unpaired) electrons. The number of hydrogen-bond donors (Lipinski definition) is 0. The minimum Gasteiger partial charge on any atom is -0.497 e. The van der Waals surface area contributed by atoms with Crippen molar-refractivity contribution in [3.8, 4) is 28.7 Å². The first-order chi connectivity index (χ1) is 12.6. The number of methoxy groups -OCH3 is 5. The van der Waals surface area contributed by atoms with Gasteiger partial charge in [-0.05, 0) is 41.5 Å². The molecule has 6 heteroatoms. The Morgan fingerprint density at radius 2 is 1.27 bits per heavy atom. The van der Waals surface area contributed by atoms with E-state index in [2.05, 4.69) is 0 Å². The fraction of sp³-hybridized carbons (Fsp3) is 0.250. The Hall–Kier alpha value is -3.15. The topological polar surface area (TPSA) is 63.2 Å². The summed E-state index contributed by atoms with van der Waals surface area (Å²) < 4.78 is 26.5. The van der Waals surface area contributed by atoms with E-state index in [0.29, 0.717) is 39.9 Å². The Labute approximate surface area is 152 Å². The summed E-state index contributed by atoms with van der Waals surface area (Å²) in [7, 11) is 7.72. The van der Waals surface area contributed by atoms with Gasteiger partial charge in [0.25, 0.3) is 0 Å². The van der Waals surface area contributed by atoms with E-state index in [1.807, 2.05) is 12.1 Å². The summed E-state index contributed by atoms with van der Waals surface area (Å²) in [4.78, 5) is 11.7. The number of hydrogen-bond acceptors (Lipinski definition) is 6. The van der Waals surface area contributed by atoms with Crippen molar-refractivity contribution < 1.29 is 28.5 Å². The minimum atomic E-state index is 0.444. The second kappa shape index (κ2) is 8.80. The van der Waals surface area contributed by atoms with Crippen molar-refractivity contribution in [2.75, 3.05) is 35.5 Å². The lowest BCUT2D eigenvalue weighted by Crippen LogP contribution is -1.97. The molecule has 0 bridgehead atoms. The molecule has 2 aromatic rings. The molecule has 0 N–H and O–H groups in total. The third-order valence-corrected chi connectivity index (χ3v) is 3.82. The van der Waals surface area contributed by atoms with Crippen molar-refractivity contribution in [2.45, 2.75) is 0 Å². The molecule has 0 saturated heterocycles. The number of rotatable bonds is 8. The van der Waals surface area contributed by atoms with Crippen LogP contribution in [0.25, 0.3) is 11.6 Å². The molecule has 2 aromatic carbocycles. The summed E-state index contributed by atoms with van der Waals surface area (Å²) >= 11 is 0. The highest BCUT2D eigenvalue weighted by Crippen LogP contribution is 2.40. The summed E-state index contributed by atoms with van der Waals surface area (Å²) in [6.07, 6.45) is 2.51. The van der Waals surface area contributed by atoms with Gasteiger partial charge in [-0.2, -0.15) is 0 Å². The number of aldehydes is 1. The molecule has 26 heavy (non-hydrogen) atoms. The number of benzene rings is 2. The number of allylic oxidation sites excluding steroid dienone is 1. The largest absolute Gasteiger partial charge is 0.497 e. The molecule has 0 aliphatic carbocycles. The predicted molar refractivity (Wildman–Crippen MR) is 99.6 cm³/mol. The molecule has 0 spiro atoms. The molecule has 0 atom stereocenters. The molecule has 6 nitrogen and oxygen atoms in total. The van der Waals surface area contributed by atoms with Crippen LogP contribution in [-0.4, -0.2) is 41.8 Å². The van der Waals surface area contributed by atoms with E-state index in [0.717, 1.165) is 11.8 Å². The molecular weight excluding hydrogens is 336 g/mol. The fourth-order valence-electron chi connectivity index (χ4n) is 2.53. The minimum absolute atomic E-state index is 0.444. The number of ether oxygens (including phenoxy) is 5. The van der Waals surface area contributed by atoms with E-state index in [4.69, 9.17) is 23.7 Å². The smallest absolute Gasteiger partial charge is 0.203 e. The third-order valence-electron chi connectivity index (χ3n) is 3.82. The van der Waals surface area contributed by atoms with Crippen molar-refractivity contribution in [3.05, 3.63) is 41.5 Å². The van der Waals surface area contributed by atoms with Crippen molar-refractivity contribution in [1.82, 2.24) is 0 Å². The quantitative estimate of drug-likeness (QED) is 0.409. The van der Waals surface area contributed by atoms with Gasteiger partial charge in [-0.15, -0.1) is 0 Å². The van der Waals surface area contributed by atoms with Crippen LogP contribution in [0.3, 0.4) is 0 Å². The van der Waals surface area contributed by atoms with Gasteiger partial charge in [0, 0.05) is 11.6 Å². The van der Waals surface area contributed by atoms with E-state index in [1.165, 1.54) is 21.3 Å². The highest BCUT2D eigenvalue weighted by molar-refractivity contribution is 6.13. The van der Waals surface area contributed by atoms with Gasteiger partial charge in [0.05, 0.1) is 35.5 Å². The Morgan fingerprint density at radius 1 is 0.731 bits per heavy atom. The molecule has 0 aliphatic heterocycles. The molecule has 138 valence electrons. The zero-order valence-electron chi connectivity index (χ0n) is 15.5. The Morgan fingerprint density at radius 3 is 1.65 bits per heavy atom. The average Bonchev–Trinajstić information content (AvgIpc) is 2.70. The Balaban J connectivity index is 2.58. The van der Waals surface area contributed by atoms with Crippen LogP contribution in [0.15, 0.2) is 30.3 Å². The van der Waals surface area contributed by atoms with Gasteiger partial charge in [-0.1, -0.05) is 0 Å². The van der Waals surface area contributed by atoms with Gasteiger partial charge in [-0.3, -0.25) is 4.79 Å². The van der Waals surface area contributed by atoms with Gasteiger partial charge in [0.1, 0.15) is 11.5 Å². The van der Waals surface area contributed by atoms with Crippen molar-refractivity contribution >= 4 is 17.9 Å². The van der Waals surface area contributed by atoms with Crippen molar-refractivity contribution in [2.24, 2.45) is 0 Å². The van der Waals surface area contributed by atoms with Crippen molar-refractivity contribution in [3.63, 3.8) is 0 Å². The lowest BCUT2D eigenvalue weighted by Gasteiger charge is -2.14. The highest BCUT2D eigenvalue weighted by Gasteiger charge is 2.15. The average molecular weight is 358 g/mol. The van der Waals surface area contributed by atoms with E-state index in [1.54, 1.807) is 38.5 Å². The first-order valence-corrected chi connectivity index (χ1v) is 7.80. The van der Waals surface area contributed by atoms with E-state index < -0.39 is 0 Å².